The Balaban J connectivity index is 1.72. The Morgan fingerprint density at radius 2 is 1.55 bits per heavy atom. The average Bonchev–Trinajstić information content (AvgIpc) is 2.73. The molecule has 0 aliphatic rings. The van der Waals surface area contributed by atoms with Crippen molar-refractivity contribution < 1.29 is 23.9 Å². The topological polar surface area (TPSA) is 81.7 Å². The molecule has 6 nitrogen and oxygen atoms in total. The Bertz CT molecular complexity index is 880. The van der Waals surface area contributed by atoms with E-state index in [1.54, 1.807) is 12.1 Å². The highest BCUT2D eigenvalue weighted by Gasteiger charge is 2.14. The first-order valence-electron chi connectivity index (χ1n) is 10.4. The van der Waals surface area contributed by atoms with Crippen molar-refractivity contribution in [1.82, 2.24) is 5.32 Å². The van der Waals surface area contributed by atoms with Gasteiger partial charge in [-0.05, 0) is 41.5 Å². The normalized spacial score (nSPS) is 11.0. The van der Waals surface area contributed by atoms with Gasteiger partial charge in [-0.1, -0.05) is 57.2 Å². The van der Waals surface area contributed by atoms with E-state index in [0.29, 0.717) is 17.9 Å². The number of Topliss-reactive ketones (excluding diaryl/α,β-unsaturated/α-hetero) is 1. The number of benzene rings is 2. The number of nitrogens with one attached hydrogen (secondary N) is 1. The average molecular weight is 426 g/mol. The lowest BCUT2D eigenvalue weighted by Crippen LogP contribution is -2.21. The Hall–Kier alpha value is -3.15. The van der Waals surface area contributed by atoms with E-state index >= 15 is 0 Å². The number of ketones is 1. The molecule has 0 aliphatic heterocycles. The number of rotatable bonds is 10. The molecular weight excluding hydrogens is 394 g/mol. The molecule has 2 rings (SSSR count). The van der Waals surface area contributed by atoms with Crippen molar-refractivity contribution in [3.05, 3.63) is 65.2 Å². The van der Waals surface area contributed by atoms with Crippen molar-refractivity contribution in [2.75, 3.05) is 19.8 Å². The van der Waals surface area contributed by atoms with Crippen molar-refractivity contribution in [3.63, 3.8) is 0 Å². The summed E-state index contributed by atoms with van der Waals surface area (Å²) in [4.78, 5) is 35.0. The molecule has 0 spiro atoms. The van der Waals surface area contributed by atoms with Crippen LogP contribution in [-0.4, -0.2) is 37.4 Å². The third kappa shape index (κ3) is 8.62. The molecule has 0 bridgehead atoms. The molecule has 2 aromatic carbocycles. The molecule has 31 heavy (non-hydrogen) atoms. The van der Waals surface area contributed by atoms with Gasteiger partial charge in [0.2, 0.25) is 5.91 Å². The van der Waals surface area contributed by atoms with Gasteiger partial charge in [0.15, 0.2) is 19.0 Å². The smallest absolute Gasteiger partial charge is 0.344 e. The van der Waals surface area contributed by atoms with E-state index in [1.807, 2.05) is 36.4 Å². The van der Waals surface area contributed by atoms with Crippen molar-refractivity contribution in [2.45, 2.75) is 46.0 Å². The summed E-state index contributed by atoms with van der Waals surface area (Å²) >= 11 is 0. The first-order valence-corrected chi connectivity index (χ1v) is 10.4. The van der Waals surface area contributed by atoms with E-state index in [0.717, 1.165) is 18.4 Å². The van der Waals surface area contributed by atoms with Crippen LogP contribution in [0, 0.1) is 0 Å². The number of carbonyl (C=O) groups is 3. The first-order chi connectivity index (χ1) is 14.6. The summed E-state index contributed by atoms with van der Waals surface area (Å²) in [5, 5.41) is 2.75. The van der Waals surface area contributed by atoms with Gasteiger partial charge in [0.1, 0.15) is 5.75 Å². The molecule has 6 heteroatoms. The molecule has 2 aromatic rings. The number of hydrogen-bond acceptors (Lipinski definition) is 5. The zero-order valence-corrected chi connectivity index (χ0v) is 18.7. The van der Waals surface area contributed by atoms with Crippen LogP contribution in [0.25, 0.3) is 0 Å². The molecule has 0 fully saturated rings. The second-order valence-corrected chi connectivity index (χ2v) is 8.43. The monoisotopic (exact) mass is 425 g/mol. The number of carbonyl (C=O) groups excluding carboxylic acids is 3. The second-order valence-electron chi connectivity index (χ2n) is 8.43. The Morgan fingerprint density at radius 1 is 0.903 bits per heavy atom. The first kappa shape index (κ1) is 24.1. The Morgan fingerprint density at radius 3 is 2.13 bits per heavy atom. The van der Waals surface area contributed by atoms with Gasteiger partial charge in [0, 0.05) is 19.0 Å². The fourth-order valence-corrected chi connectivity index (χ4v) is 2.88. The van der Waals surface area contributed by atoms with Gasteiger partial charge >= 0.3 is 5.97 Å². The van der Waals surface area contributed by atoms with Crippen LogP contribution in [0.1, 0.15) is 55.6 Å². The van der Waals surface area contributed by atoms with Crippen molar-refractivity contribution in [1.29, 1.82) is 0 Å². The van der Waals surface area contributed by atoms with Crippen LogP contribution in [-0.2, 0) is 26.2 Å². The highest BCUT2D eigenvalue weighted by molar-refractivity contribution is 5.98. The molecule has 0 aliphatic carbocycles. The van der Waals surface area contributed by atoms with E-state index < -0.39 is 5.97 Å². The summed E-state index contributed by atoms with van der Waals surface area (Å²) in [5.74, 6) is -0.333. The molecule has 0 aromatic heterocycles. The van der Waals surface area contributed by atoms with Crippen LogP contribution in [0.5, 0.6) is 5.75 Å². The van der Waals surface area contributed by atoms with Crippen LogP contribution in [0.15, 0.2) is 48.5 Å². The lowest BCUT2D eigenvalue weighted by molar-refractivity contribution is -0.144. The number of aryl methyl sites for hydroxylation is 1. The third-order valence-electron chi connectivity index (χ3n) is 4.73. The molecule has 0 atom stereocenters. The van der Waals surface area contributed by atoms with Gasteiger partial charge in [-0.2, -0.15) is 0 Å². The van der Waals surface area contributed by atoms with E-state index in [-0.39, 0.29) is 30.3 Å². The second kappa shape index (κ2) is 11.3. The molecule has 0 saturated carbocycles. The third-order valence-corrected chi connectivity index (χ3v) is 4.73. The number of amides is 1. The predicted octanol–water partition coefficient (Wildman–Crippen LogP) is 3.86. The minimum absolute atomic E-state index is 0.0423. The summed E-state index contributed by atoms with van der Waals surface area (Å²) in [6.45, 7) is 7.90. The number of hydrogen-bond donors (Lipinski definition) is 1. The van der Waals surface area contributed by atoms with Crippen molar-refractivity contribution in [3.8, 4) is 5.75 Å². The van der Waals surface area contributed by atoms with Crippen LogP contribution in [0.4, 0.5) is 0 Å². The van der Waals surface area contributed by atoms with E-state index in [1.165, 1.54) is 12.5 Å². The van der Waals surface area contributed by atoms with Gasteiger partial charge in [-0.3, -0.25) is 9.59 Å². The molecule has 1 N–H and O–H groups in total. The zero-order chi connectivity index (χ0) is 22.9. The van der Waals surface area contributed by atoms with Crippen molar-refractivity contribution >= 4 is 17.7 Å². The van der Waals surface area contributed by atoms with E-state index in [9.17, 15) is 14.4 Å². The molecule has 0 saturated heterocycles. The quantitative estimate of drug-likeness (QED) is 0.355. The summed E-state index contributed by atoms with van der Waals surface area (Å²) < 4.78 is 10.5. The maximum atomic E-state index is 12.2. The summed E-state index contributed by atoms with van der Waals surface area (Å²) in [7, 11) is 0. The van der Waals surface area contributed by atoms with Gasteiger partial charge < -0.3 is 14.8 Å². The van der Waals surface area contributed by atoms with Crippen LogP contribution < -0.4 is 10.1 Å². The van der Waals surface area contributed by atoms with Gasteiger partial charge in [0.05, 0.1) is 0 Å². The van der Waals surface area contributed by atoms with E-state index in [4.69, 9.17) is 9.47 Å². The summed E-state index contributed by atoms with van der Waals surface area (Å²) in [6.07, 6.45) is 1.63. The lowest BCUT2D eigenvalue weighted by atomic mass is 9.87. The fourth-order valence-electron chi connectivity index (χ4n) is 2.88. The summed E-state index contributed by atoms with van der Waals surface area (Å²) in [6, 6.07) is 14.7. The maximum Gasteiger partial charge on any atom is 0.344 e. The maximum absolute atomic E-state index is 12.2. The zero-order valence-electron chi connectivity index (χ0n) is 18.7. The lowest BCUT2D eigenvalue weighted by Gasteiger charge is -2.19. The van der Waals surface area contributed by atoms with Crippen molar-refractivity contribution in [2.24, 2.45) is 0 Å². The highest BCUT2D eigenvalue weighted by Crippen LogP contribution is 2.24. The summed E-state index contributed by atoms with van der Waals surface area (Å²) in [5.41, 5.74) is 2.77. The van der Waals surface area contributed by atoms with Crippen LogP contribution in [0.3, 0.4) is 0 Å². The molecular formula is C25H31NO5. The molecule has 0 heterocycles. The highest BCUT2D eigenvalue weighted by atomic mass is 16.6. The fraction of sp³-hybridized carbons (Fsp3) is 0.400. The number of esters is 1. The molecule has 166 valence electrons. The molecule has 1 amide bonds. The SMILES string of the molecule is CC(=O)NCCCc1ccc(C(=O)COC(=O)COc2ccc(C(C)(C)C)cc2)cc1. The minimum Gasteiger partial charge on any atom is -0.482 e. The Kier molecular flexibility index (Phi) is 8.79. The number of ether oxygens (including phenoxy) is 2. The molecule has 0 unspecified atom stereocenters. The van der Waals surface area contributed by atoms with E-state index in [2.05, 4.69) is 26.1 Å². The van der Waals surface area contributed by atoms with Gasteiger partial charge in [-0.15, -0.1) is 0 Å². The van der Waals surface area contributed by atoms with Gasteiger partial charge in [-0.25, -0.2) is 4.79 Å². The predicted molar refractivity (Wildman–Crippen MR) is 119 cm³/mol. The van der Waals surface area contributed by atoms with Gasteiger partial charge in [0.25, 0.3) is 0 Å². The Labute approximate surface area is 183 Å². The standard InChI is InChI=1S/C25H31NO5/c1-18(27)26-15-5-6-19-7-9-20(10-8-19)23(28)16-31-24(29)17-30-22-13-11-21(12-14-22)25(2,3)4/h7-14H,5-6,15-17H2,1-4H3,(H,26,27). The minimum atomic E-state index is -0.595. The van der Waals surface area contributed by atoms with Crippen LogP contribution in [0.2, 0.25) is 0 Å². The largest absolute Gasteiger partial charge is 0.482 e. The van der Waals surface area contributed by atoms with Crippen LogP contribution >= 0.6 is 0 Å². The molecule has 0 radical (unpaired) electrons.